The minimum Gasteiger partial charge on any atom is -0.342 e. The van der Waals surface area contributed by atoms with E-state index in [1.165, 1.54) is 24.8 Å². The molecule has 1 amide bonds. The Morgan fingerprint density at radius 3 is 2.69 bits per heavy atom. The minimum atomic E-state index is -0.465. The summed E-state index contributed by atoms with van der Waals surface area (Å²) in [6, 6.07) is 10.2. The van der Waals surface area contributed by atoms with E-state index in [-0.39, 0.29) is 23.4 Å². The fraction of sp³-hybridized carbons (Fsp3) is 0.333. The van der Waals surface area contributed by atoms with Gasteiger partial charge in [-0.15, -0.1) is 22.0 Å². The zero-order chi connectivity index (χ0) is 20.4. The third kappa shape index (κ3) is 4.17. The van der Waals surface area contributed by atoms with Crippen molar-refractivity contribution in [2.75, 3.05) is 18.8 Å². The fourth-order valence-electron chi connectivity index (χ4n) is 3.59. The van der Waals surface area contributed by atoms with E-state index in [4.69, 9.17) is 0 Å². The van der Waals surface area contributed by atoms with E-state index in [1.807, 2.05) is 33.7 Å². The number of ketones is 1. The van der Waals surface area contributed by atoms with E-state index >= 15 is 0 Å². The number of likely N-dealkylation sites (tertiary alicyclic amines) is 1. The van der Waals surface area contributed by atoms with Gasteiger partial charge < -0.3 is 4.90 Å². The Labute approximate surface area is 172 Å². The smallest absolute Gasteiger partial charge is 0.232 e. The first-order valence-corrected chi connectivity index (χ1v) is 10.5. The van der Waals surface area contributed by atoms with Crippen molar-refractivity contribution in [3.63, 3.8) is 0 Å². The average Bonchev–Trinajstić information content (AvgIpc) is 3.17. The van der Waals surface area contributed by atoms with Crippen LogP contribution in [0.15, 0.2) is 47.5 Å². The average molecular weight is 412 g/mol. The third-order valence-corrected chi connectivity index (χ3v) is 6.28. The first-order chi connectivity index (χ1) is 14.0. The number of hydrogen-bond acceptors (Lipinski definition) is 5. The molecule has 4 rings (SSSR count). The van der Waals surface area contributed by atoms with Crippen LogP contribution in [-0.2, 0) is 4.79 Å². The molecule has 1 aliphatic rings. The highest BCUT2D eigenvalue weighted by Gasteiger charge is 2.27. The Bertz CT molecular complexity index is 1060. The van der Waals surface area contributed by atoms with Gasteiger partial charge in [-0.25, -0.2) is 4.39 Å². The normalized spacial score (nSPS) is 15.0. The molecule has 0 unspecified atom stereocenters. The highest BCUT2D eigenvalue weighted by molar-refractivity contribution is 8.00. The van der Waals surface area contributed by atoms with Gasteiger partial charge in [0.2, 0.25) is 5.91 Å². The first-order valence-electron chi connectivity index (χ1n) is 9.53. The zero-order valence-corrected chi connectivity index (χ0v) is 16.9. The molecule has 0 radical (unpaired) electrons. The minimum absolute atomic E-state index is 0.00500. The molecule has 0 bridgehead atoms. The molecule has 3 heterocycles. The van der Waals surface area contributed by atoms with Crippen LogP contribution in [0.2, 0.25) is 0 Å². The Balaban J connectivity index is 1.33. The monoisotopic (exact) mass is 412 g/mol. The summed E-state index contributed by atoms with van der Waals surface area (Å²) >= 11 is 1.17. The zero-order valence-electron chi connectivity index (χ0n) is 16.0. The molecule has 0 N–H and O–H groups in total. The van der Waals surface area contributed by atoms with Crippen LogP contribution in [0.3, 0.4) is 0 Å². The number of Topliss-reactive ketones (excluding diaryl/α,β-unsaturated/α-hetero) is 1. The predicted octanol–water partition coefficient (Wildman–Crippen LogP) is 3.57. The Morgan fingerprint density at radius 1 is 1.17 bits per heavy atom. The Hall–Kier alpha value is -2.74. The van der Waals surface area contributed by atoms with Crippen LogP contribution in [0.5, 0.6) is 0 Å². The van der Waals surface area contributed by atoms with E-state index in [0.29, 0.717) is 23.5 Å². The van der Waals surface area contributed by atoms with Crippen molar-refractivity contribution in [1.82, 2.24) is 19.5 Å². The second kappa shape index (κ2) is 8.32. The van der Waals surface area contributed by atoms with Crippen molar-refractivity contribution in [1.29, 1.82) is 0 Å². The topological polar surface area (TPSA) is 67.6 Å². The number of pyridine rings is 1. The Kier molecular flexibility index (Phi) is 5.62. The number of carbonyl (C=O) groups is 2. The quantitative estimate of drug-likeness (QED) is 0.473. The van der Waals surface area contributed by atoms with Crippen LogP contribution in [0.1, 0.15) is 41.9 Å². The van der Waals surface area contributed by atoms with Gasteiger partial charge in [0.15, 0.2) is 11.4 Å². The van der Waals surface area contributed by atoms with Gasteiger partial charge in [-0.3, -0.25) is 14.0 Å². The van der Waals surface area contributed by atoms with Crippen LogP contribution in [0.4, 0.5) is 4.39 Å². The third-order valence-electron chi connectivity index (χ3n) is 5.24. The summed E-state index contributed by atoms with van der Waals surface area (Å²) in [5, 5.41) is 8.54. The fourth-order valence-corrected chi connectivity index (χ4v) is 4.42. The number of piperidine rings is 1. The number of nitrogens with zero attached hydrogens (tertiary/aromatic N) is 4. The molecule has 1 aliphatic heterocycles. The van der Waals surface area contributed by atoms with Crippen molar-refractivity contribution < 1.29 is 14.0 Å². The van der Waals surface area contributed by atoms with Crippen molar-refractivity contribution in [2.45, 2.75) is 30.6 Å². The number of benzene rings is 1. The summed E-state index contributed by atoms with van der Waals surface area (Å²) in [5.74, 6) is 0.729. The summed E-state index contributed by atoms with van der Waals surface area (Å²) in [7, 11) is 0. The molecule has 6 nitrogen and oxygen atoms in total. The molecule has 8 heteroatoms. The van der Waals surface area contributed by atoms with Gasteiger partial charge in [0.05, 0.1) is 5.75 Å². The standard InChI is InChI=1S/C21H21FN4O2S/c1-14(27)16-5-6-18(17(22)12-16)29-13-20(28)25-10-7-15(8-11-25)21-24-23-19-4-2-3-9-26(19)21/h2-6,9,12,15H,7-8,10-11,13H2,1H3. The van der Waals surface area contributed by atoms with Crippen LogP contribution in [0, 0.1) is 5.82 Å². The van der Waals surface area contributed by atoms with Crippen molar-refractivity contribution >= 4 is 29.1 Å². The summed E-state index contributed by atoms with van der Waals surface area (Å²) in [6.45, 7) is 2.70. The predicted molar refractivity (Wildman–Crippen MR) is 109 cm³/mol. The van der Waals surface area contributed by atoms with E-state index in [1.54, 1.807) is 12.1 Å². The lowest BCUT2D eigenvalue weighted by atomic mass is 9.96. The lowest BCUT2D eigenvalue weighted by Crippen LogP contribution is -2.39. The lowest BCUT2D eigenvalue weighted by Gasteiger charge is -2.31. The molecule has 29 heavy (non-hydrogen) atoms. The molecule has 2 aromatic heterocycles. The molecule has 1 aromatic carbocycles. The molecule has 0 saturated carbocycles. The van der Waals surface area contributed by atoms with Crippen molar-refractivity contribution in [3.8, 4) is 0 Å². The van der Waals surface area contributed by atoms with Crippen LogP contribution in [0.25, 0.3) is 5.65 Å². The molecule has 1 fully saturated rings. The molecular weight excluding hydrogens is 391 g/mol. The summed E-state index contributed by atoms with van der Waals surface area (Å²) < 4.78 is 16.1. The number of halogens is 1. The van der Waals surface area contributed by atoms with Gasteiger partial charge in [-0.2, -0.15) is 0 Å². The number of rotatable bonds is 5. The molecule has 0 atom stereocenters. The van der Waals surface area contributed by atoms with E-state index < -0.39 is 5.82 Å². The van der Waals surface area contributed by atoms with E-state index in [9.17, 15) is 14.0 Å². The van der Waals surface area contributed by atoms with Crippen LogP contribution >= 0.6 is 11.8 Å². The van der Waals surface area contributed by atoms with Gasteiger partial charge in [0, 0.05) is 35.7 Å². The maximum absolute atomic E-state index is 14.1. The summed E-state index contributed by atoms with van der Waals surface area (Å²) in [5.41, 5.74) is 1.16. The van der Waals surface area contributed by atoms with Gasteiger partial charge >= 0.3 is 0 Å². The second-order valence-electron chi connectivity index (χ2n) is 7.13. The number of carbonyl (C=O) groups excluding carboxylic acids is 2. The van der Waals surface area contributed by atoms with E-state index in [0.717, 1.165) is 24.3 Å². The number of amides is 1. The molecule has 1 saturated heterocycles. The van der Waals surface area contributed by atoms with Gasteiger partial charge in [0.25, 0.3) is 0 Å². The van der Waals surface area contributed by atoms with Gasteiger partial charge in [0.1, 0.15) is 11.6 Å². The SMILES string of the molecule is CC(=O)c1ccc(SCC(=O)N2CCC(c3nnc4ccccn34)CC2)c(F)c1. The number of fused-ring (bicyclic) bond motifs is 1. The number of aromatic nitrogens is 3. The number of thioether (sulfide) groups is 1. The second-order valence-corrected chi connectivity index (χ2v) is 8.15. The molecule has 150 valence electrons. The van der Waals surface area contributed by atoms with Crippen molar-refractivity contribution in [2.24, 2.45) is 0 Å². The maximum Gasteiger partial charge on any atom is 0.232 e. The Morgan fingerprint density at radius 2 is 1.97 bits per heavy atom. The molecule has 3 aromatic rings. The highest BCUT2D eigenvalue weighted by atomic mass is 32.2. The lowest BCUT2D eigenvalue weighted by molar-refractivity contribution is -0.129. The first kappa shape index (κ1) is 19.6. The summed E-state index contributed by atoms with van der Waals surface area (Å²) in [6.07, 6.45) is 3.62. The van der Waals surface area contributed by atoms with Gasteiger partial charge in [-0.05, 0) is 44.0 Å². The maximum atomic E-state index is 14.1. The molecular formula is C21H21FN4O2S. The molecule has 0 aliphatic carbocycles. The summed E-state index contributed by atoms with van der Waals surface area (Å²) in [4.78, 5) is 26.1. The highest BCUT2D eigenvalue weighted by Crippen LogP contribution is 2.28. The molecule has 0 spiro atoms. The van der Waals surface area contributed by atoms with E-state index in [2.05, 4.69) is 10.2 Å². The van der Waals surface area contributed by atoms with Gasteiger partial charge in [-0.1, -0.05) is 12.1 Å². The largest absolute Gasteiger partial charge is 0.342 e. The van der Waals surface area contributed by atoms with Crippen LogP contribution < -0.4 is 0 Å². The van der Waals surface area contributed by atoms with Crippen LogP contribution in [-0.4, -0.2) is 50.0 Å². The van der Waals surface area contributed by atoms with Crippen molar-refractivity contribution in [3.05, 3.63) is 59.8 Å². The number of hydrogen-bond donors (Lipinski definition) is 0.